The van der Waals surface area contributed by atoms with Crippen molar-refractivity contribution < 1.29 is 33.7 Å². The van der Waals surface area contributed by atoms with Gasteiger partial charge in [0, 0.05) is 5.69 Å². The molecule has 3 aromatic rings. The molecule has 1 N–H and O–H groups in total. The van der Waals surface area contributed by atoms with Crippen molar-refractivity contribution in [3.8, 4) is 11.5 Å². The third kappa shape index (κ3) is 4.82. The van der Waals surface area contributed by atoms with Crippen LogP contribution in [0.3, 0.4) is 0 Å². The molecule has 1 aliphatic heterocycles. The van der Waals surface area contributed by atoms with E-state index in [1.165, 1.54) is 31.3 Å². The monoisotopic (exact) mass is 535 g/mol. The summed E-state index contributed by atoms with van der Waals surface area (Å²) in [6.45, 7) is 3.71. The van der Waals surface area contributed by atoms with Crippen molar-refractivity contribution in [2.24, 2.45) is 0 Å². The average Bonchev–Trinajstić information content (AvgIpc) is 3.18. The van der Waals surface area contributed by atoms with Crippen LogP contribution in [0.15, 0.2) is 66.2 Å². The fraction of sp³-hybridized carbons (Fsp3) is 0.207. The minimum Gasteiger partial charge on any atom is -0.507 e. The number of halogens is 1. The van der Waals surface area contributed by atoms with Crippen LogP contribution in [0.1, 0.15) is 40.0 Å². The van der Waals surface area contributed by atoms with Gasteiger partial charge in [-0.3, -0.25) is 14.5 Å². The molecular weight excluding hydrogens is 510 g/mol. The number of carbonyl (C=O) groups is 3. The lowest BCUT2D eigenvalue weighted by atomic mass is 9.94. The van der Waals surface area contributed by atoms with Crippen LogP contribution >= 0.6 is 11.6 Å². The van der Waals surface area contributed by atoms with Crippen LogP contribution in [-0.4, -0.2) is 43.6 Å². The van der Waals surface area contributed by atoms with Crippen molar-refractivity contribution >= 4 is 40.7 Å². The Bertz CT molecular complexity index is 1430. The standard InChI is InChI=1S/C29H26ClNO7/c1-5-38-29(35)18-6-10-19(11-7-18)31-24(17-8-12-20(36-3)13-9-17)23(26(33)28(31)34)25(32)21-14-16(2)15-22(30)27(21)37-4/h6-15,24,32H,5H2,1-4H3/b25-23+. The highest BCUT2D eigenvalue weighted by atomic mass is 35.5. The molecule has 1 amide bonds. The molecule has 1 heterocycles. The molecule has 1 fully saturated rings. The van der Waals surface area contributed by atoms with Gasteiger partial charge in [-0.25, -0.2) is 4.79 Å². The normalized spacial score (nSPS) is 16.4. The van der Waals surface area contributed by atoms with Crippen LogP contribution in [0.25, 0.3) is 5.76 Å². The first-order chi connectivity index (χ1) is 18.2. The molecule has 0 spiro atoms. The Morgan fingerprint density at radius 2 is 1.66 bits per heavy atom. The molecule has 9 heteroatoms. The molecule has 0 aliphatic carbocycles. The zero-order valence-corrected chi connectivity index (χ0v) is 22.0. The van der Waals surface area contributed by atoms with Crippen LogP contribution in [0, 0.1) is 6.92 Å². The molecule has 0 saturated carbocycles. The summed E-state index contributed by atoms with van der Waals surface area (Å²) in [6, 6.07) is 15.3. The Morgan fingerprint density at radius 1 is 1.00 bits per heavy atom. The second-order valence-corrected chi connectivity index (χ2v) is 8.94. The Kier molecular flexibility index (Phi) is 7.73. The summed E-state index contributed by atoms with van der Waals surface area (Å²) < 4.78 is 15.7. The Hall–Kier alpha value is -4.30. The van der Waals surface area contributed by atoms with E-state index in [9.17, 15) is 19.5 Å². The third-order valence-electron chi connectivity index (χ3n) is 6.18. The van der Waals surface area contributed by atoms with E-state index in [0.29, 0.717) is 22.6 Å². The van der Waals surface area contributed by atoms with Gasteiger partial charge in [-0.2, -0.15) is 0 Å². The summed E-state index contributed by atoms with van der Waals surface area (Å²) >= 11 is 6.35. The van der Waals surface area contributed by atoms with Crippen LogP contribution in [0.4, 0.5) is 5.69 Å². The van der Waals surface area contributed by atoms with Gasteiger partial charge >= 0.3 is 5.97 Å². The number of rotatable bonds is 7. The van der Waals surface area contributed by atoms with Crippen molar-refractivity contribution in [2.45, 2.75) is 19.9 Å². The van der Waals surface area contributed by atoms with E-state index in [0.717, 1.165) is 5.56 Å². The number of anilines is 1. The molecule has 4 rings (SSSR count). The van der Waals surface area contributed by atoms with E-state index in [-0.39, 0.29) is 28.5 Å². The highest BCUT2D eigenvalue weighted by molar-refractivity contribution is 6.51. The lowest BCUT2D eigenvalue weighted by Crippen LogP contribution is -2.29. The molecule has 8 nitrogen and oxygen atoms in total. The Labute approximate surface area is 225 Å². The average molecular weight is 536 g/mol. The predicted molar refractivity (Wildman–Crippen MR) is 143 cm³/mol. The number of hydrogen-bond donors (Lipinski definition) is 1. The van der Waals surface area contributed by atoms with Crippen LogP contribution < -0.4 is 14.4 Å². The van der Waals surface area contributed by atoms with E-state index in [1.807, 2.05) is 0 Å². The highest BCUT2D eigenvalue weighted by Crippen LogP contribution is 2.44. The van der Waals surface area contributed by atoms with Gasteiger partial charge in [0.2, 0.25) is 0 Å². The molecule has 1 saturated heterocycles. The first-order valence-electron chi connectivity index (χ1n) is 11.8. The lowest BCUT2D eigenvalue weighted by Gasteiger charge is -2.26. The van der Waals surface area contributed by atoms with Crippen molar-refractivity contribution in [2.75, 3.05) is 25.7 Å². The number of aliphatic hydroxyl groups is 1. The molecule has 0 aromatic heterocycles. The zero-order chi connectivity index (χ0) is 27.6. The quantitative estimate of drug-likeness (QED) is 0.185. The maximum Gasteiger partial charge on any atom is 0.338 e. The number of aliphatic hydroxyl groups excluding tert-OH is 1. The molecule has 1 atom stereocenters. The third-order valence-corrected chi connectivity index (χ3v) is 6.46. The molecule has 38 heavy (non-hydrogen) atoms. The highest BCUT2D eigenvalue weighted by Gasteiger charge is 2.47. The van der Waals surface area contributed by atoms with E-state index in [1.54, 1.807) is 62.4 Å². The predicted octanol–water partition coefficient (Wildman–Crippen LogP) is 5.47. The van der Waals surface area contributed by atoms with Crippen LogP contribution in [0.5, 0.6) is 11.5 Å². The molecule has 0 radical (unpaired) electrons. The number of aryl methyl sites for hydroxylation is 1. The second kappa shape index (κ2) is 11.0. The number of ether oxygens (including phenoxy) is 3. The van der Waals surface area contributed by atoms with Gasteiger partial charge in [-0.05, 0) is 73.5 Å². The van der Waals surface area contributed by atoms with Gasteiger partial charge in [0.15, 0.2) is 0 Å². The van der Waals surface area contributed by atoms with E-state index in [4.69, 9.17) is 25.8 Å². The first kappa shape index (κ1) is 26.8. The second-order valence-electron chi connectivity index (χ2n) is 8.54. The van der Waals surface area contributed by atoms with Crippen molar-refractivity contribution in [1.29, 1.82) is 0 Å². The Balaban J connectivity index is 1.92. The van der Waals surface area contributed by atoms with E-state index >= 15 is 0 Å². The fourth-order valence-corrected chi connectivity index (χ4v) is 4.78. The maximum atomic E-state index is 13.5. The number of hydrogen-bond acceptors (Lipinski definition) is 7. The number of esters is 1. The van der Waals surface area contributed by atoms with Crippen molar-refractivity contribution in [1.82, 2.24) is 0 Å². The molecular formula is C29H26ClNO7. The van der Waals surface area contributed by atoms with Crippen molar-refractivity contribution in [3.63, 3.8) is 0 Å². The molecule has 3 aromatic carbocycles. The Morgan fingerprint density at radius 3 is 2.24 bits per heavy atom. The smallest absolute Gasteiger partial charge is 0.338 e. The minimum atomic E-state index is -0.988. The number of benzene rings is 3. The molecule has 0 bridgehead atoms. The first-order valence-corrected chi connectivity index (χ1v) is 12.2. The minimum absolute atomic E-state index is 0.130. The number of methoxy groups -OCH3 is 2. The van der Waals surface area contributed by atoms with E-state index in [2.05, 4.69) is 0 Å². The molecule has 196 valence electrons. The van der Waals surface area contributed by atoms with E-state index < -0.39 is 29.5 Å². The summed E-state index contributed by atoms with van der Waals surface area (Å²) in [6.07, 6.45) is 0. The number of carbonyl (C=O) groups excluding carboxylic acids is 3. The summed E-state index contributed by atoms with van der Waals surface area (Å²) in [4.78, 5) is 40.3. The van der Waals surface area contributed by atoms with Gasteiger partial charge in [0.1, 0.15) is 17.3 Å². The number of nitrogens with zero attached hydrogens (tertiary/aromatic N) is 1. The number of ketones is 1. The van der Waals surface area contributed by atoms with Crippen LogP contribution in [0.2, 0.25) is 5.02 Å². The summed E-state index contributed by atoms with van der Waals surface area (Å²) in [5.41, 5.74) is 1.99. The maximum absolute atomic E-state index is 13.5. The summed E-state index contributed by atoms with van der Waals surface area (Å²) in [5, 5.41) is 11.7. The topological polar surface area (TPSA) is 102 Å². The number of Topliss-reactive ketones (excluding diaryl/α,β-unsaturated/α-hetero) is 1. The van der Waals surface area contributed by atoms with Gasteiger partial charge in [-0.15, -0.1) is 0 Å². The fourth-order valence-electron chi connectivity index (χ4n) is 4.43. The van der Waals surface area contributed by atoms with Gasteiger partial charge in [0.25, 0.3) is 11.7 Å². The zero-order valence-electron chi connectivity index (χ0n) is 21.3. The largest absolute Gasteiger partial charge is 0.507 e. The summed E-state index contributed by atoms with van der Waals surface area (Å²) in [5.74, 6) is -1.88. The van der Waals surface area contributed by atoms with Gasteiger partial charge in [-0.1, -0.05) is 23.7 Å². The SMILES string of the molecule is CCOC(=O)c1ccc(N2C(=O)C(=O)/C(=C(/O)c3cc(C)cc(Cl)c3OC)C2c2ccc(OC)cc2)cc1. The summed E-state index contributed by atoms with van der Waals surface area (Å²) in [7, 11) is 2.93. The lowest BCUT2D eigenvalue weighted by molar-refractivity contribution is -0.132. The van der Waals surface area contributed by atoms with Gasteiger partial charge in [0.05, 0.1) is 48.6 Å². The van der Waals surface area contributed by atoms with Gasteiger partial charge < -0.3 is 19.3 Å². The van der Waals surface area contributed by atoms with Crippen molar-refractivity contribution in [3.05, 3.63) is 93.5 Å². The molecule has 1 aliphatic rings. The number of amides is 1. The van der Waals surface area contributed by atoms with Crippen LogP contribution in [-0.2, 0) is 14.3 Å². The molecule has 1 unspecified atom stereocenters.